The van der Waals surface area contributed by atoms with Crippen LogP contribution in [0.1, 0.15) is 38.3 Å². The van der Waals surface area contributed by atoms with Crippen LogP contribution in [0.25, 0.3) is 0 Å². The number of benzene rings is 1. The molecule has 1 aromatic carbocycles. The van der Waals surface area contributed by atoms with E-state index in [-0.39, 0.29) is 0 Å². The van der Waals surface area contributed by atoms with Crippen LogP contribution in [0.2, 0.25) is 5.02 Å². The third-order valence-corrected chi connectivity index (χ3v) is 3.47. The van der Waals surface area contributed by atoms with Gasteiger partial charge in [0.15, 0.2) is 0 Å². The Hall–Kier alpha value is -0.570. The van der Waals surface area contributed by atoms with E-state index in [1.54, 1.807) is 0 Å². The van der Waals surface area contributed by atoms with Gasteiger partial charge >= 0.3 is 0 Å². The van der Waals surface area contributed by atoms with Crippen molar-refractivity contribution in [3.05, 3.63) is 34.9 Å². The van der Waals surface area contributed by atoms with E-state index in [1.165, 1.54) is 5.56 Å². The van der Waals surface area contributed by atoms with Crippen molar-refractivity contribution in [3.8, 4) is 0 Å². The fraction of sp³-hybridized carbons (Fsp3) is 0.600. The maximum atomic E-state index is 6.07. The van der Waals surface area contributed by atoms with E-state index >= 15 is 0 Å². The highest BCUT2D eigenvalue weighted by Crippen LogP contribution is 2.20. The molecule has 0 radical (unpaired) electrons. The van der Waals surface area contributed by atoms with Crippen LogP contribution in [-0.4, -0.2) is 31.6 Å². The molecule has 0 aliphatic rings. The van der Waals surface area contributed by atoms with Gasteiger partial charge in [0, 0.05) is 11.1 Å². The molecule has 0 aliphatic carbocycles. The van der Waals surface area contributed by atoms with Crippen LogP contribution in [0.15, 0.2) is 24.3 Å². The molecule has 1 rings (SSSR count). The molecule has 1 N–H and O–H groups in total. The van der Waals surface area contributed by atoms with Gasteiger partial charge in [-0.15, -0.1) is 0 Å². The maximum Gasteiger partial charge on any atom is 0.0409 e. The Morgan fingerprint density at radius 2 is 2.11 bits per heavy atom. The molecule has 0 aromatic heterocycles. The molecule has 0 saturated heterocycles. The predicted molar refractivity (Wildman–Crippen MR) is 80.3 cm³/mol. The fourth-order valence-corrected chi connectivity index (χ4v) is 2.13. The normalized spacial score (nSPS) is 12.9. The minimum absolute atomic E-state index is 0.401. The summed E-state index contributed by atoms with van der Waals surface area (Å²) in [4.78, 5) is 2.34. The van der Waals surface area contributed by atoms with E-state index in [1.807, 2.05) is 12.1 Å². The SMILES string of the molecule is CCCNC(CCN(C)CC)c1cccc(Cl)c1. The van der Waals surface area contributed by atoms with Crippen molar-refractivity contribution in [1.29, 1.82) is 0 Å². The molecule has 1 atom stereocenters. The van der Waals surface area contributed by atoms with Crippen molar-refractivity contribution in [1.82, 2.24) is 10.2 Å². The van der Waals surface area contributed by atoms with E-state index in [0.717, 1.165) is 37.5 Å². The topological polar surface area (TPSA) is 15.3 Å². The van der Waals surface area contributed by atoms with Crippen LogP contribution in [0.3, 0.4) is 0 Å². The summed E-state index contributed by atoms with van der Waals surface area (Å²) < 4.78 is 0. The van der Waals surface area contributed by atoms with E-state index in [9.17, 15) is 0 Å². The molecule has 3 heteroatoms. The van der Waals surface area contributed by atoms with Gasteiger partial charge in [-0.3, -0.25) is 0 Å². The zero-order valence-electron chi connectivity index (χ0n) is 11.7. The van der Waals surface area contributed by atoms with Gasteiger partial charge in [-0.05, 0) is 57.2 Å². The highest BCUT2D eigenvalue weighted by Gasteiger charge is 2.11. The molecule has 0 saturated carbocycles. The average molecular weight is 269 g/mol. The van der Waals surface area contributed by atoms with Gasteiger partial charge in [-0.1, -0.05) is 37.6 Å². The first-order valence-electron chi connectivity index (χ1n) is 6.84. The highest BCUT2D eigenvalue weighted by molar-refractivity contribution is 6.30. The highest BCUT2D eigenvalue weighted by atomic mass is 35.5. The van der Waals surface area contributed by atoms with E-state index in [0.29, 0.717) is 6.04 Å². The summed E-state index contributed by atoms with van der Waals surface area (Å²) in [5, 5.41) is 4.43. The Balaban J connectivity index is 2.65. The zero-order valence-corrected chi connectivity index (χ0v) is 12.5. The molecular formula is C15H25ClN2. The van der Waals surface area contributed by atoms with Gasteiger partial charge in [0.25, 0.3) is 0 Å². The van der Waals surface area contributed by atoms with Crippen molar-refractivity contribution in [2.75, 3.05) is 26.7 Å². The summed E-state index contributed by atoms with van der Waals surface area (Å²) in [6, 6.07) is 8.59. The second-order valence-corrected chi connectivity index (χ2v) is 5.18. The molecule has 0 aliphatic heterocycles. The summed E-state index contributed by atoms with van der Waals surface area (Å²) in [5.41, 5.74) is 1.29. The van der Waals surface area contributed by atoms with Gasteiger partial charge in [-0.25, -0.2) is 0 Å². The van der Waals surface area contributed by atoms with Crippen LogP contribution in [0.5, 0.6) is 0 Å². The number of nitrogens with zero attached hydrogens (tertiary/aromatic N) is 1. The minimum Gasteiger partial charge on any atom is -0.310 e. The van der Waals surface area contributed by atoms with Gasteiger partial charge in [0.05, 0.1) is 0 Å². The predicted octanol–water partition coefficient (Wildman–Crippen LogP) is 3.72. The minimum atomic E-state index is 0.401. The lowest BCUT2D eigenvalue weighted by molar-refractivity contribution is 0.321. The monoisotopic (exact) mass is 268 g/mol. The molecule has 0 bridgehead atoms. The first-order valence-corrected chi connectivity index (χ1v) is 7.22. The summed E-state index contributed by atoms with van der Waals surface area (Å²) in [5.74, 6) is 0. The Kier molecular flexibility index (Phi) is 7.33. The number of rotatable bonds is 8. The van der Waals surface area contributed by atoms with Crippen LogP contribution in [-0.2, 0) is 0 Å². The average Bonchev–Trinajstić information content (AvgIpc) is 2.38. The first kappa shape index (κ1) is 15.5. The molecule has 18 heavy (non-hydrogen) atoms. The van der Waals surface area contributed by atoms with Crippen LogP contribution in [0, 0.1) is 0 Å². The van der Waals surface area contributed by atoms with Gasteiger partial charge in [0.1, 0.15) is 0 Å². The Labute approximate surface area is 116 Å². The van der Waals surface area contributed by atoms with E-state index in [4.69, 9.17) is 11.6 Å². The van der Waals surface area contributed by atoms with Gasteiger partial charge < -0.3 is 10.2 Å². The third kappa shape index (κ3) is 5.38. The molecule has 102 valence electrons. The quantitative estimate of drug-likeness (QED) is 0.773. The van der Waals surface area contributed by atoms with Crippen molar-refractivity contribution < 1.29 is 0 Å². The van der Waals surface area contributed by atoms with Crippen molar-refractivity contribution >= 4 is 11.6 Å². The Bertz CT molecular complexity index is 341. The zero-order chi connectivity index (χ0) is 13.4. The second-order valence-electron chi connectivity index (χ2n) is 4.75. The summed E-state index contributed by atoms with van der Waals surface area (Å²) in [7, 11) is 2.16. The molecule has 0 fully saturated rings. The standard InChI is InChI=1S/C15H25ClN2/c1-4-10-17-15(9-11-18(3)5-2)13-7-6-8-14(16)12-13/h6-8,12,15,17H,4-5,9-11H2,1-3H3. The van der Waals surface area contributed by atoms with Crippen LogP contribution < -0.4 is 5.32 Å². The molecule has 0 amide bonds. The largest absolute Gasteiger partial charge is 0.310 e. The van der Waals surface area contributed by atoms with Crippen LogP contribution in [0.4, 0.5) is 0 Å². The van der Waals surface area contributed by atoms with Gasteiger partial charge in [-0.2, -0.15) is 0 Å². The number of halogens is 1. The summed E-state index contributed by atoms with van der Waals surface area (Å²) in [6.07, 6.45) is 2.27. The number of nitrogens with one attached hydrogen (secondary N) is 1. The lowest BCUT2D eigenvalue weighted by Crippen LogP contribution is -2.27. The number of hydrogen-bond donors (Lipinski definition) is 1. The second kappa shape index (κ2) is 8.52. The van der Waals surface area contributed by atoms with E-state index < -0.39 is 0 Å². The molecule has 1 aromatic rings. The number of hydrogen-bond acceptors (Lipinski definition) is 2. The Morgan fingerprint density at radius 1 is 1.33 bits per heavy atom. The lowest BCUT2D eigenvalue weighted by Gasteiger charge is -2.22. The maximum absolute atomic E-state index is 6.07. The van der Waals surface area contributed by atoms with Crippen molar-refractivity contribution in [2.24, 2.45) is 0 Å². The molecule has 1 unspecified atom stereocenters. The lowest BCUT2D eigenvalue weighted by atomic mass is 10.0. The summed E-state index contributed by atoms with van der Waals surface area (Å²) >= 11 is 6.07. The smallest absolute Gasteiger partial charge is 0.0409 e. The first-order chi connectivity index (χ1) is 8.67. The Morgan fingerprint density at radius 3 is 2.72 bits per heavy atom. The third-order valence-electron chi connectivity index (χ3n) is 3.23. The van der Waals surface area contributed by atoms with E-state index in [2.05, 4.69) is 43.2 Å². The molecule has 0 heterocycles. The molecule has 2 nitrogen and oxygen atoms in total. The molecule has 0 spiro atoms. The fourth-order valence-electron chi connectivity index (χ4n) is 1.94. The van der Waals surface area contributed by atoms with Gasteiger partial charge in [0.2, 0.25) is 0 Å². The van der Waals surface area contributed by atoms with Crippen molar-refractivity contribution in [2.45, 2.75) is 32.7 Å². The van der Waals surface area contributed by atoms with Crippen molar-refractivity contribution in [3.63, 3.8) is 0 Å². The van der Waals surface area contributed by atoms with Crippen LogP contribution >= 0.6 is 11.6 Å². The molecular weight excluding hydrogens is 244 g/mol. The summed E-state index contributed by atoms with van der Waals surface area (Å²) in [6.45, 7) is 7.63.